The molecule has 0 aromatic carbocycles. The zero-order valence-electron chi connectivity index (χ0n) is 9.54. The highest BCUT2D eigenvalue weighted by molar-refractivity contribution is 5.77. The highest BCUT2D eigenvalue weighted by Gasteiger charge is 2.26. The number of piperazine rings is 1. The third-order valence-corrected chi connectivity index (χ3v) is 3.55. The first-order chi connectivity index (χ1) is 7.27. The molecule has 4 nitrogen and oxygen atoms in total. The predicted molar refractivity (Wildman–Crippen MR) is 59.7 cm³/mol. The van der Waals surface area contributed by atoms with Crippen molar-refractivity contribution in [1.29, 1.82) is 0 Å². The van der Waals surface area contributed by atoms with Gasteiger partial charge >= 0.3 is 0 Å². The van der Waals surface area contributed by atoms with Crippen LogP contribution in [0.15, 0.2) is 0 Å². The highest BCUT2D eigenvalue weighted by atomic mass is 16.2. The van der Waals surface area contributed by atoms with E-state index in [1.165, 1.54) is 12.8 Å². The van der Waals surface area contributed by atoms with Crippen LogP contribution in [0.1, 0.15) is 19.3 Å². The second-order valence-electron chi connectivity index (χ2n) is 4.61. The van der Waals surface area contributed by atoms with Gasteiger partial charge in [0.1, 0.15) is 0 Å². The third kappa shape index (κ3) is 2.69. The lowest BCUT2D eigenvalue weighted by molar-refractivity contribution is -0.132. The van der Waals surface area contributed by atoms with E-state index in [1.54, 1.807) is 0 Å². The van der Waals surface area contributed by atoms with Crippen LogP contribution in [0.5, 0.6) is 0 Å². The van der Waals surface area contributed by atoms with Crippen molar-refractivity contribution in [1.82, 2.24) is 15.1 Å². The van der Waals surface area contributed by atoms with Crippen molar-refractivity contribution in [3.05, 3.63) is 0 Å². The molecule has 1 unspecified atom stereocenters. The van der Waals surface area contributed by atoms with E-state index in [2.05, 4.69) is 17.3 Å². The molecule has 0 bridgehead atoms. The van der Waals surface area contributed by atoms with Crippen LogP contribution in [0.3, 0.4) is 0 Å². The number of hydrogen-bond acceptors (Lipinski definition) is 3. The molecule has 2 aliphatic heterocycles. The van der Waals surface area contributed by atoms with Gasteiger partial charge in [0.2, 0.25) is 5.91 Å². The number of hydrogen-bond donors (Lipinski definition) is 1. The summed E-state index contributed by atoms with van der Waals surface area (Å²) in [6.45, 7) is 4.82. The van der Waals surface area contributed by atoms with Gasteiger partial charge in [0.05, 0.1) is 0 Å². The minimum Gasteiger partial charge on any atom is -0.340 e. The Kier molecular flexibility index (Phi) is 3.59. The van der Waals surface area contributed by atoms with Gasteiger partial charge in [-0.2, -0.15) is 0 Å². The summed E-state index contributed by atoms with van der Waals surface area (Å²) in [7, 11) is 2.13. The van der Waals surface area contributed by atoms with E-state index in [9.17, 15) is 4.79 Å². The number of amides is 1. The Balaban J connectivity index is 1.80. The summed E-state index contributed by atoms with van der Waals surface area (Å²) in [6, 6.07) is 0.493. The maximum Gasteiger partial charge on any atom is 0.224 e. The molecule has 0 aromatic heterocycles. The van der Waals surface area contributed by atoms with E-state index >= 15 is 0 Å². The number of nitrogens with one attached hydrogen (secondary N) is 1. The van der Waals surface area contributed by atoms with Crippen LogP contribution in [0.25, 0.3) is 0 Å². The standard InChI is InChI=1S/C11H21N3O/c1-13-6-2-3-10(13)9-11(15)14-7-4-12-5-8-14/h10,12H,2-9H2,1H3. The lowest BCUT2D eigenvalue weighted by Crippen LogP contribution is -2.47. The van der Waals surface area contributed by atoms with Crippen molar-refractivity contribution >= 4 is 5.91 Å². The summed E-state index contributed by atoms with van der Waals surface area (Å²) in [4.78, 5) is 16.3. The average Bonchev–Trinajstić information content (AvgIpc) is 2.66. The summed E-state index contributed by atoms with van der Waals surface area (Å²) < 4.78 is 0. The normalized spacial score (nSPS) is 28.3. The van der Waals surface area contributed by atoms with E-state index in [1.807, 2.05) is 4.90 Å². The van der Waals surface area contributed by atoms with Gasteiger partial charge in [0, 0.05) is 38.6 Å². The van der Waals surface area contributed by atoms with Crippen LogP contribution < -0.4 is 5.32 Å². The number of rotatable bonds is 2. The fourth-order valence-electron chi connectivity index (χ4n) is 2.48. The smallest absolute Gasteiger partial charge is 0.224 e. The first kappa shape index (κ1) is 10.9. The molecule has 2 saturated heterocycles. The van der Waals surface area contributed by atoms with Gasteiger partial charge in [-0.1, -0.05) is 0 Å². The van der Waals surface area contributed by atoms with Gasteiger partial charge in [0.15, 0.2) is 0 Å². The van der Waals surface area contributed by atoms with Gasteiger partial charge in [-0.05, 0) is 26.4 Å². The molecule has 0 saturated carbocycles. The monoisotopic (exact) mass is 211 g/mol. The number of carbonyl (C=O) groups excluding carboxylic acids is 1. The van der Waals surface area contributed by atoms with Crippen LogP contribution in [-0.4, -0.2) is 61.5 Å². The minimum absolute atomic E-state index is 0.343. The molecule has 0 aliphatic carbocycles. The third-order valence-electron chi connectivity index (χ3n) is 3.55. The first-order valence-corrected chi connectivity index (χ1v) is 5.96. The summed E-state index contributed by atoms with van der Waals surface area (Å²) in [5, 5.41) is 3.27. The Hall–Kier alpha value is -0.610. The Morgan fingerprint density at radius 3 is 2.67 bits per heavy atom. The topological polar surface area (TPSA) is 35.6 Å². The fourth-order valence-corrected chi connectivity index (χ4v) is 2.48. The van der Waals surface area contributed by atoms with Crippen LogP contribution in [0, 0.1) is 0 Å². The molecule has 2 aliphatic rings. The summed E-state index contributed by atoms with van der Waals surface area (Å²) in [5.41, 5.74) is 0. The van der Waals surface area contributed by atoms with E-state index in [4.69, 9.17) is 0 Å². The minimum atomic E-state index is 0.343. The molecular formula is C11H21N3O. The van der Waals surface area contributed by atoms with E-state index in [0.29, 0.717) is 11.9 Å². The Bertz CT molecular complexity index is 226. The lowest BCUT2D eigenvalue weighted by Gasteiger charge is -2.29. The second-order valence-corrected chi connectivity index (χ2v) is 4.61. The zero-order chi connectivity index (χ0) is 10.7. The van der Waals surface area contributed by atoms with Crippen molar-refractivity contribution in [3.63, 3.8) is 0 Å². The Morgan fingerprint density at radius 1 is 1.33 bits per heavy atom. The molecule has 1 amide bonds. The van der Waals surface area contributed by atoms with E-state index < -0.39 is 0 Å². The summed E-state index contributed by atoms with van der Waals surface area (Å²) in [6.07, 6.45) is 3.15. The van der Waals surface area contributed by atoms with Gasteiger partial charge in [0.25, 0.3) is 0 Å². The van der Waals surface area contributed by atoms with Gasteiger partial charge in [-0.25, -0.2) is 0 Å². The van der Waals surface area contributed by atoms with E-state index in [-0.39, 0.29) is 0 Å². The van der Waals surface area contributed by atoms with Gasteiger partial charge in [-0.15, -0.1) is 0 Å². The van der Waals surface area contributed by atoms with Crippen molar-refractivity contribution in [2.45, 2.75) is 25.3 Å². The largest absolute Gasteiger partial charge is 0.340 e. The zero-order valence-corrected chi connectivity index (χ0v) is 9.54. The van der Waals surface area contributed by atoms with Crippen LogP contribution in [0.2, 0.25) is 0 Å². The van der Waals surface area contributed by atoms with Crippen LogP contribution in [-0.2, 0) is 4.79 Å². The lowest BCUT2D eigenvalue weighted by atomic mass is 10.1. The molecule has 0 aromatic rings. The Morgan fingerprint density at radius 2 is 2.07 bits per heavy atom. The molecule has 2 heterocycles. The number of carbonyl (C=O) groups is 1. The molecule has 1 N–H and O–H groups in total. The molecular weight excluding hydrogens is 190 g/mol. The van der Waals surface area contributed by atoms with Crippen molar-refractivity contribution < 1.29 is 4.79 Å². The molecule has 2 rings (SSSR count). The second kappa shape index (κ2) is 4.94. The SMILES string of the molecule is CN1CCCC1CC(=O)N1CCNCC1. The van der Waals surface area contributed by atoms with Gasteiger partial charge in [-0.3, -0.25) is 4.79 Å². The molecule has 0 radical (unpaired) electrons. The fraction of sp³-hybridized carbons (Fsp3) is 0.909. The van der Waals surface area contributed by atoms with Crippen molar-refractivity contribution in [2.75, 3.05) is 39.8 Å². The molecule has 0 spiro atoms. The quantitative estimate of drug-likeness (QED) is 0.693. The number of nitrogens with zero attached hydrogens (tertiary/aromatic N) is 2. The molecule has 4 heteroatoms. The predicted octanol–water partition coefficient (Wildman–Crippen LogP) is -0.0975. The molecule has 15 heavy (non-hydrogen) atoms. The summed E-state index contributed by atoms with van der Waals surface area (Å²) in [5.74, 6) is 0.343. The van der Waals surface area contributed by atoms with Crippen LogP contribution >= 0.6 is 0 Å². The average molecular weight is 211 g/mol. The van der Waals surface area contributed by atoms with Crippen molar-refractivity contribution in [3.8, 4) is 0 Å². The molecule has 86 valence electrons. The van der Waals surface area contributed by atoms with Crippen molar-refractivity contribution in [2.24, 2.45) is 0 Å². The maximum absolute atomic E-state index is 12.0. The van der Waals surface area contributed by atoms with Crippen LogP contribution in [0.4, 0.5) is 0 Å². The highest BCUT2D eigenvalue weighted by Crippen LogP contribution is 2.18. The number of likely N-dealkylation sites (tertiary alicyclic amines) is 1. The first-order valence-electron chi connectivity index (χ1n) is 5.96. The molecule has 1 atom stereocenters. The Labute approximate surface area is 91.6 Å². The van der Waals surface area contributed by atoms with Gasteiger partial charge < -0.3 is 15.1 Å². The van der Waals surface area contributed by atoms with E-state index in [0.717, 1.165) is 39.1 Å². The maximum atomic E-state index is 12.0. The molecule has 2 fully saturated rings. The summed E-state index contributed by atoms with van der Waals surface area (Å²) >= 11 is 0.